The fourth-order valence-electron chi connectivity index (χ4n) is 9.64. The molecular weight excluding hydrogens is 474 g/mol. The molecule has 4 aliphatic carbocycles. The summed E-state index contributed by atoms with van der Waals surface area (Å²) in [7, 11) is 1.85. The molecule has 0 saturated heterocycles. The third-order valence-corrected chi connectivity index (χ3v) is 11.6. The molecule has 0 unspecified atom stereocenters. The first-order valence-corrected chi connectivity index (χ1v) is 14.3. The minimum Gasteiger partial charge on any atom is -0.390 e. The summed E-state index contributed by atoms with van der Waals surface area (Å²) in [6.45, 7) is 5.50. The van der Waals surface area contributed by atoms with Gasteiger partial charge in [0, 0.05) is 13.0 Å². The number of fused-ring (bicyclic) bond motifs is 6. The molecule has 1 aromatic heterocycles. The summed E-state index contributed by atoms with van der Waals surface area (Å²) in [5, 5.41) is 19.9. The third kappa shape index (κ3) is 3.69. The molecule has 6 rings (SSSR count). The molecule has 1 N–H and O–H groups in total. The van der Waals surface area contributed by atoms with Crippen LogP contribution in [0.1, 0.15) is 71.6 Å². The normalized spacial score (nSPS) is 42.1. The van der Waals surface area contributed by atoms with E-state index in [4.69, 9.17) is 16.3 Å². The summed E-state index contributed by atoms with van der Waals surface area (Å²) in [6.07, 6.45) is 9.64. The van der Waals surface area contributed by atoms with E-state index in [1.807, 2.05) is 32.2 Å². The molecule has 7 heteroatoms. The van der Waals surface area contributed by atoms with Gasteiger partial charge in [-0.05, 0) is 111 Å². The van der Waals surface area contributed by atoms with Crippen LogP contribution >= 0.6 is 11.6 Å². The molecule has 0 bridgehead atoms. The minimum atomic E-state index is -0.543. The van der Waals surface area contributed by atoms with E-state index < -0.39 is 5.60 Å². The van der Waals surface area contributed by atoms with Crippen LogP contribution in [0, 0.1) is 40.4 Å². The summed E-state index contributed by atoms with van der Waals surface area (Å²) in [5.74, 6) is 2.79. The van der Waals surface area contributed by atoms with Crippen LogP contribution in [-0.4, -0.2) is 45.2 Å². The van der Waals surface area contributed by atoms with Crippen molar-refractivity contribution in [2.45, 2.75) is 83.8 Å². The zero-order valence-electron chi connectivity index (χ0n) is 21.9. The van der Waals surface area contributed by atoms with Gasteiger partial charge in [0.15, 0.2) is 5.78 Å². The lowest BCUT2D eigenvalue weighted by atomic mass is 9.43. The van der Waals surface area contributed by atoms with Crippen molar-refractivity contribution in [3.8, 4) is 0 Å². The van der Waals surface area contributed by atoms with Gasteiger partial charge >= 0.3 is 0 Å². The van der Waals surface area contributed by atoms with E-state index in [-0.39, 0.29) is 23.3 Å². The maximum atomic E-state index is 13.8. The lowest BCUT2D eigenvalue weighted by molar-refractivity contribution is -0.175. The van der Waals surface area contributed by atoms with Crippen molar-refractivity contribution in [3.63, 3.8) is 0 Å². The molecule has 36 heavy (non-hydrogen) atoms. The Labute approximate surface area is 219 Å². The zero-order chi connectivity index (χ0) is 25.3. The van der Waals surface area contributed by atoms with Crippen LogP contribution in [0.25, 0.3) is 11.0 Å². The lowest BCUT2D eigenvalue weighted by Crippen LogP contribution is -2.58. The summed E-state index contributed by atoms with van der Waals surface area (Å²) in [4.78, 5) is 13.8. The van der Waals surface area contributed by atoms with Gasteiger partial charge in [-0.15, -0.1) is 5.10 Å². The monoisotopic (exact) mass is 513 g/mol. The largest absolute Gasteiger partial charge is 0.390 e. The topological polar surface area (TPSA) is 77.2 Å². The highest BCUT2D eigenvalue weighted by atomic mass is 35.5. The molecule has 4 saturated carbocycles. The summed E-state index contributed by atoms with van der Waals surface area (Å²) < 4.78 is 7.63. The van der Waals surface area contributed by atoms with E-state index in [2.05, 4.69) is 17.2 Å². The molecule has 1 aromatic carbocycles. The number of carbonyl (C=O) groups excluding carboxylic acids is 1. The van der Waals surface area contributed by atoms with Gasteiger partial charge in [-0.25, -0.2) is 4.68 Å². The quantitative estimate of drug-likeness (QED) is 0.555. The first-order valence-electron chi connectivity index (χ1n) is 13.9. The Morgan fingerprint density at radius 1 is 1.14 bits per heavy atom. The molecule has 8 atom stereocenters. The molecule has 0 aliphatic heterocycles. The fraction of sp³-hybridized carbons (Fsp3) is 0.759. The van der Waals surface area contributed by atoms with Crippen LogP contribution in [0.4, 0.5) is 0 Å². The fourth-order valence-corrected chi connectivity index (χ4v) is 9.85. The minimum absolute atomic E-state index is 0.0491. The maximum Gasteiger partial charge on any atom is 0.157 e. The van der Waals surface area contributed by atoms with Gasteiger partial charge in [-0.2, -0.15) is 0 Å². The molecular formula is C29H40ClN3O3. The second-order valence-electron chi connectivity index (χ2n) is 13.0. The lowest BCUT2D eigenvalue weighted by Gasteiger charge is -2.62. The van der Waals surface area contributed by atoms with Crippen molar-refractivity contribution in [1.29, 1.82) is 0 Å². The number of benzene rings is 1. The van der Waals surface area contributed by atoms with Crippen LogP contribution in [0.2, 0.25) is 5.02 Å². The summed E-state index contributed by atoms with van der Waals surface area (Å²) >= 11 is 6.29. The van der Waals surface area contributed by atoms with E-state index in [9.17, 15) is 9.90 Å². The average molecular weight is 514 g/mol. The maximum absolute atomic E-state index is 13.8. The highest BCUT2D eigenvalue weighted by Crippen LogP contribution is 2.68. The van der Waals surface area contributed by atoms with E-state index in [1.165, 1.54) is 19.3 Å². The Morgan fingerprint density at radius 3 is 2.78 bits per heavy atom. The molecule has 0 radical (unpaired) electrons. The van der Waals surface area contributed by atoms with Gasteiger partial charge in [0.2, 0.25) is 0 Å². The van der Waals surface area contributed by atoms with Crippen molar-refractivity contribution in [2.24, 2.45) is 40.4 Å². The average Bonchev–Trinajstić information content (AvgIpc) is 3.41. The smallest absolute Gasteiger partial charge is 0.157 e. The molecule has 1 heterocycles. The number of Topliss-reactive ketones (excluding diaryl/α,β-unsaturated/α-hetero) is 1. The van der Waals surface area contributed by atoms with Gasteiger partial charge in [0.1, 0.15) is 12.1 Å². The van der Waals surface area contributed by atoms with Gasteiger partial charge in [-0.1, -0.05) is 29.8 Å². The molecule has 0 spiro atoms. The number of hydrogen-bond acceptors (Lipinski definition) is 5. The van der Waals surface area contributed by atoms with Crippen molar-refractivity contribution < 1.29 is 14.6 Å². The van der Waals surface area contributed by atoms with Crippen LogP contribution in [0.3, 0.4) is 0 Å². The van der Waals surface area contributed by atoms with Gasteiger partial charge in [0.05, 0.1) is 22.7 Å². The number of rotatable bonds is 5. The van der Waals surface area contributed by atoms with Crippen LogP contribution in [0.5, 0.6) is 0 Å². The van der Waals surface area contributed by atoms with Gasteiger partial charge in [-0.3, -0.25) is 4.79 Å². The highest BCUT2D eigenvalue weighted by Gasteiger charge is 2.63. The second-order valence-corrected chi connectivity index (χ2v) is 13.4. The van der Waals surface area contributed by atoms with Gasteiger partial charge < -0.3 is 9.84 Å². The van der Waals surface area contributed by atoms with Crippen molar-refractivity contribution >= 4 is 28.4 Å². The molecule has 4 aliphatic rings. The molecule has 4 fully saturated rings. The number of methoxy groups -OCH3 is 1. The number of carbonyl (C=O) groups is 1. The number of aliphatic hydroxyl groups is 1. The first-order chi connectivity index (χ1) is 17.2. The first kappa shape index (κ1) is 24.8. The Hall–Kier alpha value is -1.50. The number of ether oxygens (including phenoxy) is 1. The van der Waals surface area contributed by atoms with E-state index in [0.717, 1.165) is 50.6 Å². The molecule has 0 amide bonds. The molecule has 196 valence electrons. The molecule has 6 nitrogen and oxygen atoms in total. The number of nitrogens with zero attached hydrogens (tertiary/aromatic N) is 3. The summed E-state index contributed by atoms with van der Waals surface area (Å²) in [5.41, 5.74) is 1.18. The number of aromatic nitrogens is 3. The second kappa shape index (κ2) is 8.78. The third-order valence-electron chi connectivity index (χ3n) is 11.3. The highest BCUT2D eigenvalue weighted by molar-refractivity contribution is 6.34. The van der Waals surface area contributed by atoms with Gasteiger partial charge in [0.25, 0.3) is 0 Å². The number of hydrogen-bond donors (Lipinski definition) is 1. The standard InChI is InChI=1S/C29H40ClN3O3/c1-27(35)13-14-29(17-36-3)18(15-27)7-8-19-20-9-10-22(28(20,2)12-11-21(19)29)25(34)16-33-24-6-4-5-23(30)26(24)31-32-33/h4-6,18-22,35H,7-17H2,1-3H3/t18-,19-,20-,21-,22+,27+,28-,29+/m0/s1. The predicted molar refractivity (Wildman–Crippen MR) is 140 cm³/mol. The Kier molecular flexibility index (Phi) is 6.05. The van der Waals surface area contributed by atoms with Crippen molar-refractivity contribution in [1.82, 2.24) is 15.0 Å². The van der Waals surface area contributed by atoms with Crippen molar-refractivity contribution in [3.05, 3.63) is 23.2 Å². The van der Waals surface area contributed by atoms with Crippen LogP contribution in [-0.2, 0) is 16.1 Å². The van der Waals surface area contributed by atoms with Crippen LogP contribution in [0.15, 0.2) is 18.2 Å². The Balaban J connectivity index is 1.24. The van der Waals surface area contributed by atoms with Crippen LogP contribution < -0.4 is 0 Å². The van der Waals surface area contributed by atoms with E-state index in [1.54, 1.807) is 4.68 Å². The summed E-state index contributed by atoms with van der Waals surface area (Å²) in [6, 6.07) is 5.64. The number of halogens is 1. The Morgan fingerprint density at radius 2 is 1.97 bits per heavy atom. The number of ketones is 1. The van der Waals surface area contributed by atoms with E-state index >= 15 is 0 Å². The Bertz CT molecular complexity index is 1160. The predicted octanol–water partition coefficient (Wildman–Crippen LogP) is 5.69. The molecule has 2 aromatic rings. The zero-order valence-corrected chi connectivity index (χ0v) is 22.6. The SMILES string of the molecule is COC[C@]12CC[C@@](C)(O)C[C@@H]1CC[C@H]1[C@@H]3CC[C@H](C(=O)Cn4nnc5c(Cl)cccc54)[C@@]3(C)CC[C@@H]12. The van der Waals surface area contributed by atoms with E-state index in [0.29, 0.717) is 40.0 Å². The van der Waals surface area contributed by atoms with Crippen molar-refractivity contribution in [2.75, 3.05) is 13.7 Å².